The molecule has 3 heterocycles. The second-order valence-electron chi connectivity index (χ2n) is 3.79. The van der Waals surface area contributed by atoms with Crippen LogP contribution in [0.2, 0.25) is 0 Å². The summed E-state index contributed by atoms with van der Waals surface area (Å²) < 4.78 is 0. The number of hydrogen-bond acceptors (Lipinski definition) is 4. The quantitative estimate of drug-likeness (QED) is 0.677. The number of nitrogens with zero attached hydrogens (tertiary/aromatic N) is 2. The minimum atomic E-state index is -0.405. The van der Waals surface area contributed by atoms with Gasteiger partial charge < -0.3 is 10.1 Å². The largest absolute Gasteiger partial charge is 0.506 e. The average Bonchev–Trinajstić information content (AvgIpc) is 2.40. The molecule has 2 N–H and O–H groups in total. The number of aromatic hydroxyl groups is 1. The van der Waals surface area contributed by atoms with Crippen LogP contribution in [0.4, 0.5) is 0 Å². The zero-order chi connectivity index (χ0) is 12.5. The molecule has 0 aliphatic carbocycles. The second kappa shape index (κ2) is 3.96. The Kier molecular flexibility index (Phi) is 2.30. The van der Waals surface area contributed by atoms with E-state index in [2.05, 4.69) is 15.0 Å². The van der Waals surface area contributed by atoms with Gasteiger partial charge in [0.15, 0.2) is 0 Å². The topological polar surface area (TPSA) is 78.9 Å². The summed E-state index contributed by atoms with van der Waals surface area (Å²) in [5.41, 5.74) is 0.551. The van der Waals surface area contributed by atoms with E-state index in [4.69, 9.17) is 0 Å². The van der Waals surface area contributed by atoms with Crippen LogP contribution in [0.5, 0.6) is 5.75 Å². The van der Waals surface area contributed by atoms with Crippen LogP contribution in [0, 0.1) is 0 Å². The molecule has 88 valence electrons. The Morgan fingerprint density at radius 3 is 2.67 bits per heavy atom. The number of nitrogens with one attached hydrogen (secondary N) is 1. The minimum Gasteiger partial charge on any atom is -0.506 e. The Bertz CT molecular complexity index is 766. The first-order valence-corrected chi connectivity index (χ1v) is 5.39. The van der Waals surface area contributed by atoms with Crippen molar-refractivity contribution in [3.05, 3.63) is 53.1 Å². The molecule has 0 spiro atoms. The Morgan fingerprint density at radius 2 is 1.89 bits per heavy atom. The van der Waals surface area contributed by atoms with Crippen molar-refractivity contribution in [2.75, 3.05) is 0 Å². The summed E-state index contributed by atoms with van der Waals surface area (Å²) in [5.74, 6) is -0.0967. The highest BCUT2D eigenvalue weighted by atomic mass is 16.3. The van der Waals surface area contributed by atoms with Gasteiger partial charge in [-0.2, -0.15) is 0 Å². The molecular weight excluding hydrogens is 230 g/mol. The van der Waals surface area contributed by atoms with Crippen molar-refractivity contribution in [2.24, 2.45) is 0 Å². The first-order chi connectivity index (χ1) is 8.77. The number of fused-ring (bicyclic) bond motifs is 1. The molecule has 18 heavy (non-hydrogen) atoms. The number of H-pyrrole nitrogens is 1. The smallest absolute Gasteiger partial charge is 0.262 e. The van der Waals surface area contributed by atoms with E-state index in [1.807, 2.05) is 0 Å². The van der Waals surface area contributed by atoms with Crippen LogP contribution in [-0.4, -0.2) is 20.1 Å². The lowest BCUT2D eigenvalue weighted by molar-refractivity contribution is 0.482. The third-order valence-electron chi connectivity index (χ3n) is 2.68. The number of aromatic amines is 1. The van der Waals surface area contributed by atoms with Gasteiger partial charge in [0.2, 0.25) is 0 Å². The average molecular weight is 239 g/mol. The molecular formula is C13H9N3O2. The lowest BCUT2D eigenvalue weighted by atomic mass is 10.1. The van der Waals surface area contributed by atoms with Gasteiger partial charge in [-0.1, -0.05) is 6.07 Å². The highest BCUT2D eigenvalue weighted by molar-refractivity contribution is 5.88. The van der Waals surface area contributed by atoms with Crippen molar-refractivity contribution in [2.45, 2.75) is 0 Å². The maximum absolute atomic E-state index is 12.0. The third-order valence-corrected chi connectivity index (χ3v) is 2.68. The van der Waals surface area contributed by atoms with E-state index in [-0.39, 0.29) is 11.3 Å². The molecule has 0 radical (unpaired) electrons. The molecule has 0 saturated carbocycles. The molecule has 3 aromatic rings. The van der Waals surface area contributed by atoms with Gasteiger partial charge in [-0.05, 0) is 24.3 Å². The first-order valence-electron chi connectivity index (χ1n) is 5.39. The second-order valence-corrected chi connectivity index (χ2v) is 3.79. The van der Waals surface area contributed by atoms with Crippen molar-refractivity contribution in [1.82, 2.24) is 15.0 Å². The Labute approximate surface area is 102 Å². The molecule has 0 aliphatic rings. The van der Waals surface area contributed by atoms with Crippen LogP contribution >= 0.6 is 0 Å². The van der Waals surface area contributed by atoms with Crippen LogP contribution in [0.25, 0.3) is 22.3 Å². The molecule has 0 aliphatic heterocycles. The third kappa shape index (κ3) is 1.53. The van der Waals surface area contributed by atoms with Crippen molar-refractivity contribution in [3.8, 4) is 17.0 Å². The minimum absolute atomic E-state index is 0.0967. The van der Waals surface area contributed by atoms with Crippen molar-refractivity contribution in [1.29, 1.82) is 0 Å². The molecule has 0 saturated heterocycles. The summed E-state index contributed by atoms with van der Waals surface area (Å²) in [6, 6.07) is 8.57. The van der Waals surface area contributed by atoms with Crippen molar-refractivity contribution in [3.63, 3.8) is 0 Å². The standard InChI is InChI=1S/C13H9N3O2/c17-11-8-4-3-7-15-12(8)16-13(18)10(11)9-5-1-2-6-14-9/h1-7H,(H2,15,16,17,18). The normalized spacial score (nSPS) is 10.7. The summed E-state index contributed by atoms with van der Waals surface area (Å²) in [4.78, 5) is 22.7. The summed E-state index contributed by atoms with van der Waals surface area (Å²) in [7, 11) is 0. The zero-order valence-electron chi connectivity index (χ0n) is 9.29. The fourth-order valence-electron chi connectivity index (χ4n) is 1.86. The van der Waals surface area contributed by atoms with E-state index in [0.717, 1.165) is 0 Å². The van der Waals surface area contributed by atoms with Crippen LogP contribution in [-0.2, 0) is 0 Å². The highest BCUT2D eigenvalue weighted by Gasteiger charge is 2.14. The molecule has 0 amide bonds. The van der Waals surface area contributed by atoms with Crippen molar-refractivity contribution < 1.29 is 5.11 Å². The van der Waals surface area contributed by atoms with Crippen LogP contribution in [0.3, 0.4) is 0 Å². The summed E-state index contributed by atoms with van der Waals surface area (Å²) in [6.07, 6.45) is 3.12. The van der Waals surface area contributed by atoms with E-state index in [0.29, 0.717) is 16.7 Å². The van der Waals surface area contributed by atoms with Gasteiger partial charge in [0, 0.05) is 12.4 Å². The Balaban J connectivity index is 2.41. The molecule has 3 aromatic heterocycles. The fraction of sp³-hybridized carbons (Fsp3) is 0. The SMILES string of the molecule is O=c1[nH]c2ncccc2c(O)c1-c1ccccn1. The fourth-order valence-corrected chi connectivity index (χ4v) is 1.86. The molecule has 5 heteroatoms. The zero-order valence-corrected chi connectivity index (χ0v) is 9.29. The van der Waals surface area contributed by atoms with Gasteiger partial charge in [-0.3, -0.25) is 9.78 Å². The molecule has 3 rings (SSSR count). The van der Waals surface area contributed by atoms with E-state index < -0.39 is 5.56 Å². The molecule has 0 unspecified atom stereocenters. The van der Waals surface area contributed by atoms with Crippen LogP contribution in [0.1, 0.15) is 0 Å². The van der Waals surface area contributed by atoms with E-state index >= 15 is 0 Å². The predicted octanol–water partition coefficient (Wildman–Crippen LogP) is 1.69. The molecule has 0 atom stereocenters. The molecule has 5 nitrogen and oxygen atoms in total. The van der Waals surface area contributed by atoms with Gasteiger partial charge in [0.1, 0.15) is 17.0 Å². The summed E-state index contributed by atoms with van der Waals surface area (Å²) in [6.45, 7) is 0. The summed E-state index contributed by atoms with van der Waals surface area (Å²) in [5, 5.41) is 10.7. The van der Waals surface area contributed by atoms with E-state index in [9.17, 15) is 9.90 Å². The highest BCUT2D eigenvalue weighted by Crippen LogP contribution is 2.29. The monoisotopic (exact) mass is 239 g/mol. The van der Waals surface area contributed by atoms with Gasteiger partial charge in [-0.15, -0.1) is 0 Å². The Morgan fingerprint density at radius 1 is 1.06 bits per heavy atom. The van der Waals surface area contributed by atoms with Crippen molar-refractivity contribution >= 4 is 11.0 Å². The van der Waals surface area contributed by atoms with E-state index in [1.165, 1.54) is 0 Å². The lowest BCUT2D eigenvalue weighted by Gasteiger charge is -2.05. The van der Waals surface area contributed by atoms with Gasteiger partial charge in [0.05, 0.1) is 11.1 Å². The lowest BCUT2D eigenvalue weighted by Crippen LogP contribution is -2.10. The number of hydrogen-bond donors (Lipinski definition) is 2. The van der Waals surface area contributed by atoms with Crippen LogP contribution in [0.15, 0.2) is 47.5 Å². The molecule has 0 aromatic carbocycles. The molecule has 0 bridgehead atoms. The Hall–Kier alpha value is -2.69. The molecule has 0 fully saturated rings. The van der Waals surface area contributed by atoms with Gasteiger partial charge >= 0.3 is 0 Å². The summed E-state index contributed by atoms with van der Waals surface area (Å²) >= 11 is 0. The number of pyridine rings is 3. The van der Waals surface area contributed by atoms with E-state index in [1.54, 1.807) is 42.7 Å². The maximum atomic E-state index is 12.0. The van der Waals surface area contributed by atoms with Gasteiger partial charge in [0.25, 0.3) is 5.56 Å². The predicted molar refractivity (Wildman–Crippen MR) is 67.3 cm³/mol. The number of aromatic nitrogens is 3. The van der Waals surface area contributed by atoms with Crippen LogP contribution < -0.4 is 5.56 Å². The number of rotatable bonds is 1. The van der Waals surface area contributed by atoms with Gasteiger partial charge in [-0.25, -0.2) is 4.98 Å². The maximum Gasteiger partial charge on any atom is 0.262 e. The first kappa shape index (κ1) is 10.5.